The maximum Gasteiger partial charge on any atom is 0.416 e. The van der Waals surface area contributed by atoms with E-state index in [0.717, 1.165) is 36.4 Å². The van der Waals surface area contributed by atoms with E-state index >= 15 is 0 Å². The van der Waals surface area contributed by atoms with E-state index in [1.54, 1.807) is 6.07 Å². The normalized spacial score (nSPS) is 34.3. The fourth-order valence-corrected chi connectivity index (χ4v) is 4.74. The van der Waals surface area contributed by atoms with Gasteiger partial charge in [0.25, 0.3) is 0 Å². The molecule has 23 heavy (non-hydrogen) atoms. The van der Waals surface area contributed by atoms with Gasteiger partial charge in [-0.3, -0.25) is 4.90 Å². The van der Waals surface area contributed by atoms with E-state index in [1.165, 1.54) is 31.5 Å². The van der Waals surface area contributed by atoms with E-state index in [4.69, 9.17) is 0 Å². The molecule has 4 heteroatoms. The minimum absolute atomic E-state index is 0.125. The van der Waals surface area contributed by atoms with Gasteiger partial charge < -0.3 is 0 Å². The summed E-state index contributed by atoms with van der Waals surface area (Å²) in [6.07, 6.45) is 0.307. The van der Waals surface area contributed by atoms with Crippen LogP contribution in [-0.2, 0) is 18.0 Å². The van der Waals surface area contributed by atoms with Crippen molar-refractivity contribution in [2.75, 3.05) is 13.1 Å². The summed E-state index contributed by atoms with van der Waals surface area (Å²) in [7, 11) is 0. The van der Waals surface area contributed by atoms with Gasteiger partial charge in [0.15, 0.2) is 0 Å². The topological polar surface area (TPSA) is 3.24 Å². The molecule has 4 rings (SSSR count). The first-order valence-electron chi connectivity index (χ1n) is 8.74. The summed E-state index contributed by atoms with van der Waals surface area (Å²) in [5.74, 6) is 1.27. The number of benzene rings is 1. The van der Waals surface area contributed by atoms with Gasteiger partial charge in [-0.1, -0.05) is 19.9 Å². The summed E-state index contributed by atoms with van der Waals surface area (Å²) in [5, 5.41) is 0. The number of halogens is 3. The summed E-state index contributed by atoms with van der Waals surface area (Å²) in [5.41, 5.74) is 1.45. The number of alkyl halides is 3. The van der Waals surface area contributed by atoms with Crippen molar-refractivity contribution in [2.24, 2.45) is 11.8 Å². The molecule has 126 valence electrons. The van der Waals surface area contributed by atoms with Crippen molar-refractivity contribution in [2.45, 2.75) is 57.2 Å². The van der Waals surface area contributed by atoms with Gasteiger partial charge in [0.1, 0.15) is 0 Å². The van der Waals surface area contributed by atoms with E-state index in [0.29, 0.717) is 12.0 Å². The number of hydrogen-bond donors (Lipinski definition) is 0. The summed E-state index contributed by atoms with van der Waals surface area (Å²) in [6, 6.07) is 4.91. The van der Waals surface area contributed by atoms with E-state index in [1.807, 2.05) is 0 Å². The quantitative estimate of drug-likeness (QED) is 0.766. The van der Waals surface area contributed by atoms with Crippen molar-refractivity contribution in [3.8, 4) is 0 Å². The lowest BCUT2D eigenvalue weighted by molar-refractivity contribution is -0.137. The Morgan fingerprint density at radius 3 is 2.65 bits per heavy atom. The third kappa shape index (κ3) is 2.50. The maximum absolute atomic E-state index is 13.1. The molecular formula is C19H24F3N. The average molecular weight is 323 g/mol. The fraction of sp³-hybridized carbons (Fsp3) is 0.684. The number of fused-ring (bicyclic) bond motifs is 4. The molecule has 2 bridgehead atoms. The van der Waals surface area contributed by atoms with Crippen molar-refractivity contribution in [1.29, 1.82) is 0 Å². The second kappa shape index (κ2) is 4.98. The Morgan fingerprint density at radius 2 is 2.00 bits per heavy atom. The van der Waals surface area contributed by atoms with Gasteiger partial charge in [0.05, 0.1) is 5.56 Å². The summed E-state index contributed by atoms with van der Waals surface area (Å²) >= 11 is 0. The predicted octanol–water partition coefficient (Wildman–Crippen LogP) is 4.64. The van der Waals surface area contributed by atoms with Crippen LogP contribution >= 0.6 is 0 Å². The van der Waals surface area contributed by atoms with Crippen molar-refractivity contribution >= 4 is 0 Å². The lowest BCUT2D eigenvalue weighted by atomic mass is 9.59. The fourth-order valence-electron chi connectivity index (χ4n) is 4.74. The van der Waals surface area contributed by atoms with Crippen molar-refractivity contribution in [1.82, 2.24) is 4.90 Å². The molecule has 1 heterocycles. The Hall–Kier alpha value is -1.03. The monoisotopic (exact) mass is 323 g/mol. The van der Waals surface area contributed by atoms with Crippen LogP contribution in [0, 0.1) is 11.8 Å². The van der Waals surface area contributed by atoms with Gasteiger partial charge in [0.2, 0.25) is 0 Å². The zero-order valence-electron chi connectivity index (χ0n) is 13.8. The molecule has 1 aliphatic heterocycles. The average Bonchev–Trinajstić information content (AvgIpc) is 3.28. The molecule has 0 radical (unpaired) electrons. The SMILES string of the molecule is CC1C2Cc3ccc(C(F)(F)F)cc3[C@@]1(C)CCN2CC1CC1. The van der Waals surface area contributed by atoms with Crippen LogP contribution in [0.25, 0.3) is 0 Å². The molecule has 1 nitrogen and oxygen atoms in total. The molecule has 1 aromatic carbocycles. The van der Waals surface area contributed by atoms with E-state index in [2.05, 4.69) is 18.7 Å². The second-order valence-corrected chi connectivity index (χ2v) is 8.04. The van der Waals surface area contributed by atoms with Gasteiger partial charge in [-0.25, -0.2) is 0 Å². The molecule has 2 aliphatic carbocycles. The van der Waals surface area contributed by atoms with Crippen molar-refractivity contribution in [3.05, 3.63) is 34.9 Å². The number of rotatable bonds is 2. The van der Waals surface area contributed by atoms with E-state index in [9.17, 15) is 13.2 Å². The van der Waals surface area contributed by atoms with Crippen LogP contribution in [0.15, 0.2) is 18.2 Å². The van der Waals surface area contributed by atoms with Gasteiger partial charge in [0, 0.05) is 12.6 Å². The van der Waals surface area contributed by atoms with Crippen molar-refractivity contribution < 1.29 is 13.2 Å². The molecule has 2 fully saturated rings. The largest absolute Gasteiger partial charge is 0.416 e. The highest BCUT2D eigenvalue weighted by atomic mass is 19.4. The van der Waals surface area contributed by atoms with Gasteiger partial charge in [-0.15, -0.1) is 0 Å². The molecule has 3 atom stereocenters. The Morgan fingerprint density at radius 1 is 1.26 bits per heavy atom. The molecule has 0 aromatic heterocycles. The summed E-state index contributed by atoms with van der Waals surface area (Å²) < 4.78 is 39.3. The number of hydrogen-bond acceptors (Lipinski definition) is 1. The maximum atomic E-state index is 13.1. The number of likely N-dealkylation sites (tertiary alicyclic amines) is 1. The standard InChI is InChI=1S/C19H24F3N/c1-12-17-9-14-5-6-15(19(20,21)22)10-16(14)18(12,2)7-8-23(17)11-13-3-4-13/h5-6,10,12-13,17H,3-4,7-9,11H2,1-2H3/t12?,17?,18-/m0/s1. The highest BCUT2D eigenvalue weighted by Crippen LogP contribution is 2.50. The van der Waals surface area contributed by atoms with Crippen LogP contribution in [-0.4, -0.2) is 24.0 Å². The van der Waals surface area contributed by atoms with E-state index in [-0.39, 0.29) is 5.41 Å². The Balaban J connectivity index is 1.71. The minimum Gasteiger partial charge on any atom is -0.299 e. The predicted molar refractivity (Wildman–Crippen MR) is 84.4 cm³/mol. The van der Waals surface area contributed by atoms with Crippen LogP contribution in [0.1, 0.15) is 49.8 Å². The third-order valence-electron chi connectivity index (χ3n) is 6.64. The van der Waals surface area contributed by atoms with Crippen LogP contribution in [0.4, 0.5) is 13.2 Å². The zero-order chi connectivity index (χ0) is 16.4. The molecule has 1 saturated carbocycles. The lowest BCUT2D eigenvalue weighted by Crippen LogP contribution is -2.58. The zero-order valence-corrected chi connectivity index (χ0v) is 13.8. The van der Waals surface area contributed by atoms with Gasteiger partial charge >= 0.3 is 6.18 Å². The highest BCUT2D eigenvalue weighted by Gasteiger charge is 2.49. The van der Waals surface area contributed by atoms with E-state index < -0.39 is 11.7 Å². The first-order valence-corrected chi connectivity index (χ1v) is 8.74. The third-order valence-corrected chi connectivity index (χ3v) is 6.64. The summed E-state index contributed by atoms with van der Waals surface area (Å²) in [6.45, 7) is 6.63. The highest BCUT2D eigenvalue weighted by molar-refractivity contribution is 5.43. The molecular weight excluding hydrogens is 299 g/mol. The van der Waals surface area contributed by atoms with Gasteiger partial charge in [-0.2, -0.15) is 13.2 Å². The van der Waals surface area contributed by atoms with Crippen molar-refractivity contribution in [3.63, 3.8) is 0 Å². The number of nitrogens with zero attached hydrogens (tertiary/aromatic N) is 1. The lowest BCUT2D eigenvalue weighted by Gasteiger charge is -2.55. The first kappa shape index (κ1) is 15.5. The smallest absolute Gasteiger partial charge is 0.299 e. The molecule has 0 spiro atoms. The minimum atomic E-state index is -4.25. The molecule has 1 aromatic rings. The van der Waals surface area contributed by atoms with Crippen LogP contribution < -0.4 is 0 Å². The van der Waals surface area contributed by atoms with Gasteiger partial charge in [-0.05, 0) is 72.7 Å². The molecule has 3 aliphatic rings. The molecule has 1 saturated heterocycles. The number of piperidine rings is 1. The Kier molecular flexibility index (Phi) is 3.36. The van der Waals surface area contributed by atoms with Crippen LogP contribution in [0.3, 0.4) is 0 Å². The molecule has 0 amide bonds. The first-order chi connectivity index (χ1) is 10.8. The molecule has 0 N–H and O–H groups in total. The van der Waals surface area contributed by atoms with Crippen LogP contribution in [0.2, 0.25) is 0 Å². The molecule has 2 unspecified atom stereocenters. The van der Waals surface area contributed by atoms with Crippen LogP contribution in [0.5, 0.6) is 0 Å². The Bertz CT molecular complexity index is 620. The second-order valence-electron chi connectivity index (χ2n) is 8.04. The summed E-state index contributed by atoms with van der Waals surface area (Å²) in [4.78, 5) is 2.62. The Labute approximate surface area is 135 Å².